The van der Waals surface area contributed by atoms with Gasteiger partial charge in [0.05, 0.1) is 0 Å². The molecule has 1 N–H and O–H groups in total. The van der Waals surface area contributed by atoms with E-state index in [0.29, 0.717) is 6.04 Å². The van der Waals surface area contributed by atoms with Crippen LogP contribution in [0.15, 0.2) is 18.2 Å². The zero-order valence-electron chi connectivity index (χ0n) is 12.8. The van der Waals surface area contributed by atoms with Crippen LogP contribution in [0.25, 0.3) is 0 Å². The number of rotatable bonds is 7. The molecule has 0 aliphatic carbocycles. The second-order valence-corrected chi connectivity index (χ2v) is 6.35. The van der Waals surface area contributed by atoms with E-state index in [0.717, 1.165) is 24.0 Å². The Kier molecular flexibility index (Phi) is 6.67. The number of benzene rings is 1. The van der Waals surface area contributed by atoms with Gasteiger partial charge in [0, 0.05) is 36.9 Å². The number of anilines is 1. The zero-order valence-corrected chi connectivity index (χ0v) is 13.6. The van der Waals surface area contributed by atoms with Gasteiger partial charge >= 0.3 is 0 Å². The highest BCUT2D eigenvalue weighted by Gasteiger charge is 2.09. The summed E-state index contributed by atoms with van der Waals surface area (Å²) < 4.78 is 0. The van der Waals surface area contributed by atoms with Crippen molar-refractivity contribution in [3.05, 3.63) is 28.8 Å². The van der Waals surface area contributed by atoms with Crippen LogP contribution in [0.4, 0.5) is 5.69 Å². The van der Waals surface area contributed by atoms with Crippen LogP contribution in [-0.4, -0.2) is 19.6 Å². The lowest BCUT2D eigenvalue weighted by Crippen LogP contribution is -2.25. The maximum Gasteiger partial charge on any atom is 0.0426 e. The molecule has 0 bridgehead atoms. The van der Waals surface area contributed by atoms with Gasteiger partial charge in [0.15, 0.2) is 0 Å². The molecule has 0 atom stereocenters. The average molecular weight is 283 g/mol. The lowest BCUT2D eigenvalue weighted by molar-refractivity contribution is 0.577. The van der Waals surface area contributed by atoms with E-state index in [1.165, 1.54) is 17.7 Å². The summed E-state index contributed by atoms with van der Waals surface area (Å²) in [6, 6.07) is 6.65. The van der Waals surface area contributed by atoms with Gasteiger partial charge in [-0.1, -0.05) is 45.4 Å². The van der Waals surface area contributed by atoms with Crippen LogP contribution in [0.2, 0.25) is 5.02 Å². The molecule has 0 saturated carbocycles. The zero-order chi connectivity index (χ0) is 14.4. The lowest BCUT2D eigenvalue weighted by Gasteiger charge is -2.24. The standard InChI is InChI=1S/C16H27ClN2/c1-12(2)8-9-19(5)16-10-15(17)7-6-14(16)11-18-13(3)4/h6-7,10,12-13,18H,8-9,11H2,1-5H3. The van der Waals surface area contributed by atoms with Gasteiger partial charge in [0.2, 0.25) is 0 Å². The summed E-state index contributed by atoms with van der Waals surface area (Å²) in [6.07, 6.45) is 1.19. The van der Waals surface area contributed by atoms with Gasteiger partial charge in [0.25, 0.3) is 0 Å². The van der Waals surface area contributed by atoms with E-state index in [1.807, 2.05) is 6.07 Å². The molecule has 0 fully saturated rings. The van der Waals surface area contributed by atoms with Gasteiger partial charge in [-0.3, -0.25) is 0 Å². The Morgan fingerprint density at radius 1 is 1.21 bits per heavy atom. The minimum absolute atomic E-state index is 0.490. The highest BCUT2D eigenvalue weighted by Crippen LogP contribution is 2.24. The van der Waals surface area contributed by atoms with Crippen molar-refractivity contribution in [3.8, 4) is 0 Å². The van der Waals surface area contributed by atoms with E-state index in [2.05, 4.69) is 57.1 Å². The Morgan fingerprint density at radius 2 is 1.89 bits per heavy atom. The van der Waals surface area contributed by atoms with Crippen LogP contribution >= 0.6 is 11.6 Å². The van der Waals surface area contributed by atoms with Crippen molar-refractivity contribution in [2.45, 2.75) is 46.7 Å². The van der Waals surface area contributed by atoms with Gasteiger partial charge in [0.1, 0.15) is 0 Å². The van der Waals surface area contributed by atoms with Crippen molar-refractivity contribution in [1.29, 1.82) is 0 Å². The summed E-state index contributed by atoms with van der Waals surface area (Å²) >= 11 is 6.14. The molecule has 1 aromatic rings. The molecule has 19 heavy (non-hydrogen) atoms. The van der Waals surface area contributed by atoms with Crippen molar-refractivity contribution >= 4 is 17.3 Å². The first-order valence-electron chi connectivity index (χ1n) is 7.13. The molecule has 0 radical (unpaired) electrons. The SMILES string of the molecule is CC(C)CCN(C)c1cc(Cl)ccc1CNC(C)C. The molecule has 0 aliphatic rings. The molecule has 0 saturated heterocycles. The Bertz CT molecular complexity index is 388. The van der Waals surface area contributed by atoms with Gasteiger partial charge in [-0.15, -0.1) is 0 Å². The molecule has 2 nitrogen and oxygen atoms in total. The maximum absolute atomic E-state index is 6.14. The summed E-state index contributed by atoms with van der Waals surface area (Å²) in [6.45, 7) is 10.8. The van der Waals surface area contributed by atoms with Crippen LogP contribution in [0.5, 0.6) is 0 Å². The second-order valence-electron chi connectivity index (χ2n) is 5.91. The van der Waals surface area contributed by atoms with Crippen molar-refractivity contribution in [2.24, 2.45) is 5.92 Å². The second kappa shape index (κ2) is 7.76. The molecular formula is C16H27ClN2. The van der Waals surface area contributed by atoms with Gasteiger partial charge in [-0.2, -0.15) is 0 Å². The Hall–Kier alpha value is -0.730. The molecular weight excluding hydrogens is 256 g/mol. The van der Waals surface area contributed by atoms with Gasteiger partial charge in [-0.05, 0) is 30.0 Å². The molecule has 0 amide bonds. The molecule has 0 aliphatic heterocycles. The molecule has 0 spiro atoms. The number of nitrogens with one attached hydrogen (secondary N) is 1. The highest BCUT2D eigenvalue weighted by molar-refractivity contribution is 6.30. The first-order chi connectivity index (χ1) is 8.90. The minimum atomic E-state index is 0.490. The van der Waals surface area contributed by atoms with Crippen molar-refractivity contribution < 1.29 is 0 Å². The molecule has 0 heterocycles. The first-order valence-corrected chi connectivity index (χ1v) is 7.51. The molecule has 108 valence electrons. The molecule has 0 unspecified atom stereocenters. The Balaban J connectivity index is 2.80. The predicted molar refractivity (Wildman–Crippen MR) is 86.2 cm³/mol. The average Bonchev–Trinajstić information content (AvgIpc) is 2.34. The summed E-state index contributed by atoms with van der Waals surface area (Å²) in [5.41, 5.74) is 2.55. The normalized spacial score (nSPS) is 11.4. The number of hydrogen-bond donors (Lipinski definition) is 1. The molecule has 1 rings (SSSR count). The van der Waals surface area contributed by atoms with Crippen molar-refractivity contribution in [2.75, 3.05) is 18.5 Å². The van der Waals surface area contributed by atoms with Gasteiger partial charge < -0.3 is 10.2 Å². The maximum atomic E-state index is 6.14. The fourth-order valence-corrected chi connectivity index (χ4v) is 2.09. The first kappa shape index (κ1) is 16.3. The predicted octanol–water partition coefficient (Wildman–Crippen LogP) is 4.32. The monoisotopic (exact) mass is 282 g/mol. The molecule has 0 aromatic heterocycles. The topological polar surface area (TPSA) is 15.3 Å². The van der Waals surface area contributed by atoms with Gasteiger partial charge in [-0.25, -0.2) is 0 Å². The third-order valence-corrected chi connectivity index (χ3v) is 3.44. The number of nitrogens with zero attached hydrogens (tertiary/aromatic N) is 1. The van der Waals surface area contributed by atoms with E-state index >= 15 is 0 Å². The third kappa shape index (κ3) is 5.84. The number of halogens is 1. The van der Waals surface area contributed by atoms with E-state index in [1.54, 1.807) is 0 Å². The fourth-order valence-electron chi connectivity index (χ4n) is 1.93. The smallest absolute Gasteiger partial charge is 0.0426 e. The quantitative estimate of drug-likeness (QED) is 0.801. The third-order valence-electron chi connectivity index (χ3n) is 3.20. The van der Waals surface area contributed by atoms with Crippen molar-refractivity contribution in [1.82, 2.24) is 5.32 Å². The van der Waals surface area contributed by atoms with E-state index in [9.17, 15) is 0 Å². The Labute approximate surface area is 123 Å². The van der Waals surface area contributed by atoms with Crippen molar-refractivity contribution in [3.63, 3.8) is 0 Å². The summed E-state index contributed by atoms with van der Waals surface area (Å²) in [5.74, 6) is 0.721. The summed E-state index contributed by atoms with van der Waals surface area (Å²) in [4.78, 5) is 2.31. The minimum Gasteiger partial charge on any atom is -0.374 e. The van der Waals surface area contributed by atoms with E-state index < -0.39 is 0 Å². The van der Waals surface area contributed by atoms with E-state index in [4.69, 9.17) is 11.6 Å². The van der Waals surface area contributed by atoms with Crippen LogP contribution in [0.3, 0.4) is 0 Å². The summed E-state index contributed by atoms with van der Waals surface area (Å²) in [7, 11) is 2.15. The largest absolute Gasteiger partial charge is 0.374 e. The Morgan fingerprint density at radius 3 is 2.47 bits per heavy atom. The van der Waals surface area contributed by atoms with E-state index in [-0.39, 0.29) is 0 Å². The molecule has 3 heteroatoms. The summed E-state index contributed by atoms with van der Waals surface area (Å²) in [5, 5.41) is 4.28. The van der Waals surface area contributed by atoms with Crippen LogP contribution in [0.1, 0.15) is 39.7 Å². The molecule has 1 aromatic carbocycles. The number of hydrogen-bond acceptors (Lipinski definition) is 2. The van der Waals surface area contributed by atoms with Crippen LogP contribution < -0.4 is 10.2 Å². The van der Waals surface area contributed by atoms with Crippen LogP contribution in [-0.2, 0) is 6.54 Å². The highest BCUT2D eigenvalue weighted by atomic mass is 35.5. The van der Waals surface area contributed by atoms with Crippen LogP contribution in [0, 0.1) is 5.92 Å². The lowest BCUT2D eigenvalue weighted by atomic mass is 10.1. The fraction of sp³-hybridized carbons (Fsp3) is 0.625.